The minimum Gasteiger partial charge on any atom is -0.875 e. The third-order valence-corrected chi connectivity index (χ3v) is 14.8. The Hall–Kier alpha value is -4.44. The highest BCUT2D eigenvalue weighted by Crippen LogP contribution is 2.49. The number of ketones is 1. The van der Waals surface area contributed by atoms with Crippen molar-refractivity contribution in [2.24, 2.45) is 27.8 Å². The van der Waals surface area contributed by atoms with E-state index in [1.165, 1.54) is 0 Å². The van der Waals surface area contributed by atoms with Crippen LogP contribution in [0.3, 0.4) is 0 Å². The van der Waals surface area contributed by atoms with Crippen molar-refractivity contribution in [1.82, 2.24) is 5.32 Å². The van der Waals surface area contributed by atoms with E-state index >= 15 is 0 Å². The second kappa shape index (κ2) is 20.4. The number of aryl methyl sites for hydroxylation is 1. The van der Waals surface area contributed by atoms with E-state index in [9.17, 15) is 20.1 Å². The van der Waals surface area contributed by atoms with E-state index in [0.29, 0.717) is 60.0 Å². The Labute approximate surface area is 362 Å². The summed E-state index contributed by atoms with van der Waals surface area (Å²) in [6.07, 6.45) is 16.3. The van der Waals surface area contributed by atoms with Crippen LogP contribution in [0.2, 0.25) is 0 Å². The van der Waals surface area contributed by atoms with Gasteiger partial charge in [-0.15, -0.1) is 5.76 Å². The number of carbonyl (C=O) groups is 1. The van der Waals surface area contributed by atoms with Crippen molar-refractivity contribution in [3.05, 3.63) is 123 Å². The van der Waals surface area contributed by atoms with E-state index in [2.05, 4.69) is 34.3 Å². The maximum Gasteiger partial charge on any atom is 0.161 e. The molecule has 7 N–H and O–H groups in total. The van der Waals surface area contributed by atoms with Crippen molar-refractivity contribution in [2.45, 2.75) is 94.9 Å². The molecule has 11 heteroatoms. The molecular formula is C49H57N4O5S2-. The summed E-state index contributed by atoms with van der Waals surface area (Å²) < 4.78 is 6.14. The molecule has 9 nitrogen and oxygen atoms in total. The smallest absolute Gasteiger partial charge is 0.161 e. The van der Waals surface area contributed by atoms with Crippen LogP contribution >= 0.6 is 21.6 Å². The van der Waals surface area contributed by atoms with Crippen LogP contribution in [0.5, 0.6) is 17.2 Å². The van der Waals surface area contributed by atoms with Crippen molar-refractivity contribution < 1.29 is 24.9 Å². The summed E-state index contributed by atoms with van der Waals surface area (Å²) >= 11 is 0. The predicted octanol–water partition coefficient (Wildman–Crippen LogP) is 8.01. The van der Waals surface area contributed by atoms with Gasteiger partial charge in [-0.3, -0.25) is 9.79 Å². The molecule has 4 aliphatic rings. The standard InChI is InChI=1S/C49H58N4O5S2/c1-52-21-4-2-3-18-49-19-14-34(29-49)30-59-60-31-36-27-39-35(26-40(36)48(50)51)6-5-7-43-38(16-22-53-43)46(57)28-41(39)42-24-33(9-12-44(42)55)17-23-58-47-25-32(10-13-45(47)56)8-11-37(54)15-20-49/h9-10,12-13,15-16,20,22,24-27,34,41,48,52,55-57H,2-4,7-8,11,14,17-19,21,23,28-31,50-51H2,1H3/p-1/b20-15+,46-38?/t34-,41+,49-/m1/s1. The van der Waals surface area contributed by atoms with Crippen molar-refractivity contribution >= 4 is 33.1 Å². The fraction of sp³-hybridized carbons (Fsp3) is 0.429. The fourth-order valence-electron chi connectivity index (χ4n) is 9.03. The number of unbranched alkanes of at least 4 members (excludes halogenated alkanes) is 2. The lowest BCUT2D eigenvalue weighted by molar-refractivity contribution is -0.307. The number of phenolic OH excluding ortho intramolecular Hbond substituents is 2. The van der Waals surface area contributed by atoms with Gasteiger partial charge in [-0.2, -0.15) is 0 Å². The molecular weight excluding hydrogens is 789 g/mol. The summed E-state index contributed by atoms with van der Waals surface area (Å²) in [7, 11) is 5.64. The van der Waals surface area contributed by atoms with E-state index in [0.717, 1.165) is 90.6 Å². The van der Waals surface area contributed by atoms with Gasteiger partial charge < -0.3 is 36.8 Å². The summed E-state index contributed by atoms with van der Waals surface area (Å²) in [4.78, 5) is 17.8. The second-order valence-electron chi connectivity index (χ2n) is 16.7. The highest BCUT2D eigenvalue weighted by molar-refractivity contribution is 8.76. The van der Waals surface area contributed by atoms with Gasteiger partial charge in [-0.05, 0) is 140 Å². The Kier molecular flexibility index (Phi) is 14.8. The summed E-state index contributed by atoms with van der Waals surface area (Å²) in [6.45, 7) is 1.27. The van der Waals surface area contributed by atoms with Gasteiger partial charge in [-0.25, -0.2) is 0 Å². The first-order chi connectivity index (χ1) is 29.1. The molecule has 0 radical (unpaired) electrons. The van der Waals surface area contributed by atoms with E-state index < -0.39 is 12.1 Å². The first-order valence-corrected chi connectivity index (χ1v) is 23.8. The average Bonchev–Trinajstić information content (AvgIpc) is 3.89. The number of aromatic hydroxyl groups is 2. The zero-order valence-corrected chi connectivity index (χ0v) is 36.1. The number of nitrogens with one attached hydrogen (secondary N) is 1. The maximum atomic E-state index is 14.1. The molecule has 60 heavy (non-hydrogen) atoms. The molecule has 1 fully saturated rings. The molecule has 0 aromatic heterocycles. The fourth-order valence-corrected chi connectivity index (χ4v) is 11.6. The van der Waals surface area contributed by atoms with Gasteiger partial charge in [0.05, 0.1) is 24.9 Å². The van der Waals surface area contributed by atoms with Crippen LogP contribution in [0.4, 0.5) is 0 Å². The van der Waals surface area contributed by atoms with Gasteiger partial charge in [0.25, 0.3) is 0 Å². The van der Waals surface area contributed by atoms with Gasteiger partial charge in [0.2, 0.25) is 0 Å². The van der Waals surface area contributed by atoms with Gasteiger partial charge in [0.1, 0.15) is 5.75 Å². The normalized spacial score (nSPS) is 22.8. The van der Waals surface area contributed by atoms with Crippen LogP contribution in [0.25, 0.3) is 0 Å². The summed E-state index contributed by atoms with van der Waals surface area (Å²) in [5, 5.41) is 39.6. The number of ether oxygens (including phenoxy) is 1. The van der Waals surface area contributed by atoms with Gasteiger partial charge in [-0.1, -0.05) is 76.6 Å². The number of hydrogen-bond acceptors (Lipinski definition) is 11. The lowest BCUT2D eigenvalue weighted by Crippen LogP contribution is -2.23. The summed E-state index contributed by atoms with van der Waals surface area (Å²) in [5.74, 6) is 8.79. The Morgan fingerprint density at radius 2 is 1.83 bits per heavy atom. The number of phenols is 2. The van der Waals surface area contributed by atoms with Crippen molar-refractivity contribution in [1.29, 1.82) is 0 Å². The van der Waals surface area contributed by atoms with Crippen LogP contribution in [-0.4, -0.2) is 47.7 Å². The first kappa shape index (κ1) is 43.6. The number of allylic oxidation sites excluding steroid dienone is 5. The minimum absolute atomic E-state index is 0.0126. The number of nitrogens with zero attached hydrogens (tertiary/aromatic N) is 1. The number of aliphatic imine (C=N–C) groups is 1. The van der Waals surface area contributed by atoms with Crippen molar-refractivity contribution in [2.75, 3.05) is 26.0 Å². The average molecular weight is 846 g/mol. The highest BCUT2D eigenvalue weighted by Gasteiger charge is 2.37. The molecule has 0 saturated heterocycles. The van der Waals surface area contributed by atoms with Gasteiger partial charge in [0.15, 0.2) is 17.3 Å². The largest absolute Gasteiger partial charge is 0.875 e. The second-order valence-corrected chi connectivity index (χ2v) is 19.2. The molecule has 0 amide bonds. The van der Waals surface area contributed by atoms with Gasteiger partial charge >= 0.3 is 0 Å². The maximum absolute atomic E-state index is 14.1. The van der Waals surface area contributed by atoms with E-state index in [1.807, 2.05) is 54.2 Å². The van der Waals surface area contributed by atoms with Gasteiger partial charge in [0, 0.05) is 47.6 Å². The first-order valence-electron chi connectivity index (χ1n) is 21.3. The molecule has 0 unspecified atom stereocenters. The van der Waals surface area contributed by atoms with Crippen LogP contribution in [0.15, 0.2) is 89.3 Å². The molecule has 7 rings (SSSR count). The Morgan fingerprint density at radius 1 is 1.00 bits per heavy atom. The SMILES string of the molecule is CNCCCCC[C@]12/C=C/C(=O)CCc3ccc(O)c(c3)OCCc3ccc(O)c(c3)[C@H]3CC([O-])=C4C=CN=C4CC#Cc4cc(C(N)N)c(cc43)CSSC[C@H](CC1)C2. The summed E-state index contributed by atoms with van der Waals surface area (Å²) in [5.41, 5.74) is 19.9. The topological polar surface area (TPSA) is 166 Å². The third kappa shape index (κ3) is 10.9. The molecule has 8 bridgehead atoms. The molecule has 2 aliphatic carbocycles. The zero-order chi connectivity index (χ0) is 42.1. The van der Waals surface area contributed by atoms with Crippen LogP contribution in [0, 0.1) is 23.2 Å². The number of fused-ring (bicyclic) bond motifs is 9. The number of carbonyl (C=O) groups excluding carboxylic acids is 1. The zero-order valence-electron chi connectivity index (χ0n) is 34.5. The van der Waals surface area contributed by atoms with E-state index in [1.54, 1.807) is 35.2 Å². The van der Waals surface area contributed by atoms with Crippen LogP contribution < -0.4 is 26.6 Å². The Morgan fingerprint density at radius 3 is 2.67 bits per heavy atom. The number of benzene rings is 3. The third-order valence-electron chi connectivity index (χ3n) is 12.4. The summed E-state index contributed by atoms with van der Waals surface area (Å²) in [6, 6.07) is 14.8. The monoisotopic (exact) mass is 845 g/mol. The number of rotatable bonds is 7. The molecule has 316 valence electrons. The highest BCUT2D eigenvalue weighted by atomic mass is 33.1. The molecule has 3 atom stereocenters. The molecule has 3 aromatic rings. The molecule has 2 aliphatic heterocycles. The van der Waals surface area contributed by atoms with Crippen LogP contribution in [0.1, 0.15) is 115 Å². The van der Waals surface area contributed by atoms with E-state index in [-0.39, 0.29) is 41.5 Å². The number of hydrogen-bond donors (Lipinski definition) is 5. The van der Waals surface area contributed by atoms with Crippen molar-refractivity contribution in [3.63, 3.8) is 0 Å². The predicted molar refractivity (Wildman–Crippen MR) is 243 cm³/mol. The van der Waals surface area contributed by atoms with Crippen LogP contribution in [-0.2, 0) is 23.4 Å². The Balaban J connectivity index is 1.24. The molecule has 2 heterocycles. The lowest BCUT2D eigenvalue weighted by Gasteiger charge is -2.28. The molecule has 0 spiro atoms. The molecule has 1 saturated carbocycles. The van der Waals surface area contributed by atoms with Crippen molar-refractivity contribution in [3.8, 4) is 29.1 Å². The lowest BCUT2D eigenvalue weighted by atomic mass is 9.79. The Bertz CT molecular complexity index is 2240. The quantitative estimate of drug-likeness (QED) is 0.0681. The molecule has 3 aromatic carbocycles. The van der Waals surface area contributed by atoms with E-state index in [4.69, 9.17) is 16.2 Å². The minimum atomic E-state index is -0.734. The number of nitrogens with two attached hydrogens (primary N) is 2.